The van der Waals surface area contributed by atoms with Crippen molar-refractivity contribution < 1.29 is 9.18 Å². The minimum atomic E-state index is -0.739. The summed E-state index contributed by atoms with van der Waals surface area (Å²) in [4.78, 5) is 11.7. The summed E-state index contributed by atoms with van der Waals surface area (Å²) in [6.45, 7) is 3.90. The van der Waals surface area contributed by atoms with Gasteiger partial charge in [-0.1, -0.05) is 13.8 Å². The number of rotatable bonds is 4. The molecule has 0 aliphatic carbocycles. The number of anilines is 1. The first-order valence-corrected chi connectivity index (χ1v) is 5.21. The van der Waals surface area contributed by atoms with Crippen molar-refractivity contribution >= 4 is 11.5 Å². The largest absolute Gasteiger partial charge is 0.395 e. The van der Waals surface area contributed by atoms with Crippen LogP contribution in [0.25, 0.3) is 0 Å². The lowest BCUT2D eigenvalue weighted by molar-refractivity contribution is 0.0988. The molecule has 0 aromatic heterocycles. The van der Waals surface area contributed by atoms with Crippen molar-refractivity contribution in [2.75, 3.05) is 12.3 Å². The van der Waals surface area contributed by atoms with Gasteiger partial charge in [-0.05, 0) is 12.1 Å². The van der Waals surface area contributed by atoms with Crippen molar-refractivity contribution in [2.24, 2.45) is 0 Å². The van der Waals surface area contributed by atoms with Crippen molar-refractivity contribution in [1.82, 2.24) is 5.32 Å². The van der Waals surface area contributed by atoms with E-state index in [-0.39, 0.29) is 35.2 Å². The molecule has 0 radical (unpaired) electrons. The molecule has 3 N–H and O–H groups in total. The van der Waals surface area contributed by atoms with Crippen LogP contribution in [0.5, 0.6) is 0 Å². The highest BCUT2D eigenvalue weighted by molar-refractivity contribution is 5.98. The summed E-state index contributed by atoms with van der Waals surface area (Å²) in [5.41, 5.74) is 5.28. The standard InChI is InChI=1S/C12H14FN3O/c1-7(2)16-6-11(17)8-3-9(5-14)12(15)10(13)4-8/h3-4,7,16H,6,15H2,1-2H3. The van der Waals surface area contributed by atoms with E-state index in [9.17, 15) is 9.18 Å². The Labute approximate surface area is 99.2 Å². The third kappa shape index (κ3) is 3.26. The first-order valence-electron chi connectivity index (χ1n) is 5.21. The predicted octanol–water partition coefficient (Wildman–Crippen LogP) is 1.46. The zero-order valence-electron chi connectivity index (χ0n) is 9.75. The number of hydrogen-bond donors (Lipinski definition) is 2. The van der Waals surface area contributed by atoms with E-state index >= 15 is 0 Å². The summed E-state index contributed by atoms with van der Waals surface area (Å²) in [6.07, 6.45) is 0. The maximum atomic E-state index is 13.3. The molecule has 0 aliphatic rings. The molecule has 0 atom stereocenters. The number of Topliss-reactive ketones (excluding diaryl/α,β-unsaturated/α-hetero) is 1. The second kappa shape index (κ2) is 5.41. The lowest BCUT2D eigenvalue weighted by Gasteiger charge is -2.08. The summed E-state index contributed by atoms with van der Waals surface area (Å²) >= 11 is 0. The van der Waals surface area contributed by atoms with Crippen molar-refractivity contribution in [3.05, 3.63) is 29.1 Å². The predicted molar refractivity (Wildman–Crippen MR) is 63.0 cm³/mol. The molecule has 1 rings (SSSR count). The van der Waals surface area contributed by atoms with Crippen LogP contribution in [-0.2, 0) is 0 Å². The SMILES string of the molecule is CC(C)NCC(=O)c1cc(F)c(N)c(C#N)c1. The molecule has 5 heteroatoms. The third-order valence-corrected chi connectivity index (χ3v) is 2.24. The number of carbonyl (C=O) groups excluding carboxylic acids is 1. The molecule has 0 aliphatic heterocycles. The summed E-state index contributed by atoms with van der Waals surface area (Å²) in [6, 6.07) is 4.28. The highest BCUT2D eigenvalue weighted by atomic mass is 19.1. The summed E-state index contributed by atoms with van der Waals surface area (Å²) in [5, 5.41) is 11.7. The monoisotopic (exact) mass is 235 g/mol. The van der Waals surface area contributed by atoms with Crippen LogP contribution in [-0.4, -0.2) is 18.4 Å². The minimum Gasteiger partial charge on any atom is -0.395 e. The average molecular weight is 235 g/mol. The van der Waals surface area contributed by atoms with E-state index in [0.717, 1.165) is 6.07 Å². The topological polar surface area (TPSA) is 78.9 Å². The highest BCUT2D eigenvalue weighted by Crippen LogP contribution is 2.18. The summed E-state index contributed by atoms with van der Waals surface area (Å²) in [7, 11) is 0. The van der Waals surface area contributed by atoms with E-state index in [1.54, 1.807) is 6.07 Å². The molecule has 0 bridgehead atoms. The Hall–Kier alpha value is -1.93. The van der Waals surface area contributed by atoms with E-state index in [1.807, 2.05) is 13.8 Å². The van der Waals surface area contributed by atoms with Gasteiger partial charge in [0.1, 0.15) is 11.9 Å². The molecule has 1 aromatic rings. The summed E-state index contributed by atoms with van der Waals surface area (Å²) < 4.78 is 13.3. The molecule has 1 aromatic carbocycles. The molecule has 0 fully saturated rings. The molecule has 90 valence electrons. The van der Waals surface area contributed by atoms with Crippen molar-refractivity contribution in [1.29, 1.82) is 5.26 Å². The van der Waals surface area contributed by atoms with Gasteiger partial charge in [0.25, 0.3) is 0 Å². The zero-order valence-corrected chi connectivity index (χ0v) is 9.75. The second-order valence-corrected chi connectivity index (χ2v) is 3.99. The molecule has 4 nitrogen and oxygen atoms in total. The van der Waals surface area contributed by atoms with Crippen LogP contribution in [0.3, 0.4) is 0 Å². The smallest absolute Gasteiger partial charge is 0.176 e. The van der Waals surface area contributed by atoms with Gasteiger partial charge in [-0.25, -0.2) is 4.39 Å². The Morgan fingerprint density at radius 1 is 1.59 bits per heavy atom. The van der Waals surface area contributed by atoms with Gasteiger partial charge >= 0.3 is 0 Å². The molecule has 0 spiro atoms. The Bertz CT molecular complexity index is 477. The van der Waals surface area contributed by atoms with Gasteiger partial charge in [0, 0.05) is 11.6 Å². The van der Waals surface area contributed by atoms with Crippen molar-refractivity contribution in [2.45, 2.75) is 19.9 Å². The Morgan fingerprint density at radius 2 is 2.24 bits per heavy atom. The normalized spacial score (nSPS) is 10.3. The molecular weight excluding hydrogens is 221 g/mol. The quantitative estimate of drug-likeness (QED) is 0.611. The maximum absolute atomic E-state index is 13.3. The van der Waals surface area contributed by atoms with Crippen LogP contribution in [0, 0.1) is 17.1 Å². The molecule has 0 amide bonds. The van der Waals surface area contributed by atoms with Gasteiger partial charge in [0.15, 0.2) is 5.78 Å². The van der Waals surface area contributed by atoms with Crippen LogP contribution in [0.4, 0.5) is 10.1 Å². The number of nitriles is 1. The molecular formula is C12H14FN3O. The van der Waals surface area contributed by atoms with Crippen LogP contribution < -0.4 is 11.1 Å². The third-order valence-electron chi connectivity index (χ3n) is 2.24. The number of ketones is 1. The first-order chi connectivity index (χ1) is 7.95. The molecule has 0 heterocycles. The van der Waals surface area contributed by atoms with Gasteiger partial charge in [-0.2, -0.15) is 5.26 Å². The van der Waals surface area contributed by atoms with E-state index in [0.29, 0.717) is 0 Å². The molecule has 0 saturated carbocycles. The van der Waals surface area contributed by atoms with Crippen LogP contribution in [0.1, 0.15) is 29.8 Å². The summed E-state index contributed by atoms with van der Waals surface area (Å²) in [5.74, 6) is -1.01. The van der Waals surface area contributed by atoms with Gasteiger partial charge < -0.3 is 11.1 Å². The number of halogens is 1. The Morgan fingerprint density at radius 3 is 2.76 bits per heavy atom. The number of nitrogens with two attached hydrogens (primary N) is 1. The maximum Gasteiger partial charge on any atom is 0.176 e. The van der Waals surface area contributed by atoms with Crippen LogP contribution in [0.15, 0.2) is 12.1 Å². The van der Waals surface area contributed by atoms with Crippen molar-refractivity contribution in [3.63, 3.8) is 0 Å². The number of nitrogen functional groups attached to an aromatic ring is 1. The minimum absolute atomic E-state index is 0.0158. The molecule has 0 unspecified atom stereocenters. The number of hydrogen-bond acceptors (Lipinski definition) is 4. The van der Waals surface area contributed by atoms with Gasteiger partial charge in [0.2, 0.25) is 0 Å². The number of carbonyl (C=O) groups is 1. The number of benzene rings is 1. The lowest BCUT2D eigenvalue weighted by Crippen LogP contribution is -2.29. The number of nitrogens with one attached hydrogen (secondary N) is 1. The van der Waals surface area contributed by atoms with Gasteiger partial charge in [-0.3, -0.25) is 4.79 Å². The fourth-order valence-corrected chi connectivity index (χ4v) is 1.27. The van der Waals surface area contributed by atoms with E-state index in [2.05, 4.69) is 5.32 Å². The van der Waals surface area contributed by atoms with Gasteiger partial charge in [0.05, 0.1) is 17.8 Å². The van der Waals surface area contributed by atoms with Crippen LogP contribution >= 0.6 is 0 Å². The van der Waals surface area contributed by atoms with E-state index < -0.39 is 5.82 Å². The Balaban J connectivity index is 2.96. The van der Waals surface area contributed by atoms with E-state index in [1.165, 1.54) is 6.07 Å². The average Bonchev–Trinajstić information content (AvgIpc) is 2.29. The zero-order chi connectivity index (χ0) is 13.0. The first kappa shape index (κ1) is 13.1. The van der Waals surface area contributed by atoms with Gasteiger partial charge in [-0.15, -0.1) is 0 Å². The van der Waals surface area contributed by atoms with Crippen molar-refractivity contribution in [3.8, 4) is 6.07 Å². The lowest BCUT2D eigenvalue weighted by atomic mass is 10.1. The fraction of sp³-hybridized carbons (Fsp3) is 0.333. The molecule has 0 saturated heterocycles. The highest BCUT2D eigenvalue weighted by Gasteiger charge is 2.13. The molecule has 17 heavy (non-hydrogen) atoms. The number of nitrogens with zero attached hydrogens (tertiary/aromatic N) is 1. The Kier molecular flexibility index (Phi) is 4.18. The van der Waals surface area contributed by atoms with E-state index in [4.69, 9.17) is 11.0 Å². The fourth-order valence-electron chi connectivity index (χ4n) is 1.27. The van der Waals surface area contributed by atoms with Crippen LogP contribution in [0.2, 0.25) is 0 Å². The second-order valence-electron chi connectivity index (χ2n) is 3.99.